The number of nitrogens with zero attached hydrogens (tertiary/aromatic N) is 2. The maximum atomic E-state index is 6.19. The topological polar surface area (TPSA) is 15.6 Å². The minimum absolute atomic E-state index is 0.108. The van der Waals surface area contributed by atoms with Gasteiger partial charge in [0.2, 0.25) is 0 Å². The summed E-state index contributed by atoms with van der Waals surface area (Å²) in [7, 11) is 0. The molecule has 6 rings (SSSR count). The van der Waals surface area contributed by atoms with Crippen LogP contribution in [0.2, 0.25) is 5.02 Å². The van der Waals surface area contributed by atoms with Gasteiger partial charge in [0.15, 0.2) is 5.17 Å². The fraction of sp³-hybridized carbons (Fsp3) is 0.138. The van der Waals surface area contributed by atoms with Gasteiger partial charge in [-0.2, -0.15) is 0 Å². The zero-order valence-electron chi connectivity index (χ0n) is 18.7. The predicted molar refractivity (Wildman–Crippen MR) is 156 cm³/mol. The third-order valence-electron chi connectivity index (χ3n) is 6.57. The molecule has 1 unspecified atom stereocenters. The van der Waals surface area contributed by atoms with Crippen LogP contribution in [0.15, 0.2) is 109 Å². The minimum Gasteiger partial charge on any atom is -0.308 e. The van der Waals surface area contributed by atoms with Crippen molar-refractivity contribution in [1.82, 2.24) is 4.90 Å². The second-order valence-electron chi connectivity index (χ2n) is 8.79. The molecule has 0 aromatic heterocycles. The summed E-state index contributed by atoms with van der Waals surface area (Å²) in [6.07, 6.45) is 5.52. The van der Waals surface area contributed by atoms with Crippen LogP contribution in [0, 0.1) is 0 Å². The summed E-state index contributed by atoms with van der Waals surface area (Å²) in [6, 6.07) is 25.5. The Balaban J connectivity index is 1.48. The van der Waals surface area contributed by atoms with Crippen molar-refractivity contribution in [3.63, 3.8) is 0 Å². The molecule has 0 saturated carbocycles. The number of fused-ring (bicyclic) bond motifs is 1. The zero-order chi connectivity index (χ0) is 23.9. The summed E-state index contributed by atoms with van der Waals surface area (Å²) in [4.78, 5) is 7.68. The molecular weight excluding hydrogens is 604 g/mol. The first-order valence-corrected chi connectivity index (χ1v) is 14.4. The van der Waals surface area contributed by atoms with Crippen LogP contribution in [0.25, 0.3) is 11.8 Å². The van der Waals surface area contributed by atoms with E-state index in [1.165, 1.54) is 28.0 Å². The number of rotatable bonds is 3. The molecule has 1 atom stereocenters. The molecule has 0 fully saturated rings. The molecule has 0 saturated heterocycles. The fourth-order valence-electron chi connectivity index (χ4n) is 4.95. The van der Waals surface area contributed by atoms with Gasteiger partial charge in [-0.3, -0.25) is 0 Å². The first-order valence-electron chi connectivity index (χ1n) is 11.5. The van der Waals surface area contributed by atoms with Crippen LogP contribution >= 0.6 is 55.2 Å². The Bertz CT molecular complexity index is 1400. The van der Waals surface area contributed by atoms with Gasteiger partial charge >= 0.3 is 0 Å². The van der Waals surface area contributed by atoms with Gasteiger partial charge < -0.3 is 4.90 Å². The molecule has 0 bridgehead atoms. The minimum atomic E-state index is 0.108. The molecule has 0 radical (unpaired) electrons. The van der Waals surface area contributed by atoms with Gasteiger partial charge in [0.1, 0.15) is 0 Å². The summed E-state index contributed by atoms with van der Waals surface area (Å²) < 4.78 is 2.18. The van der Waals surface area contributed by atoms with Gasteiger partial charge in [0, 0.05) is 19.4 Å². The lowest BCUT2D eigenvalue weighted by Crippen LogP contribution is -2.34. The Hall–Kier alpha value is -2.05. The number of thioether (sulfide) groups is 1. The maximum absolute atomic E-state index is 6.19. The molecule has 0 spiro atoms. The number of hydrogen-bond acceptors (Lipinski definition) is 3. The van der Waals surface area contributed by atoms with Crippen LogP contribution < -0.4 is 0 Å². The highest BCUT2D eigenvalue weighted by molar-refractivity contribution is 9.10. The Kier molecular flexibility index (Phi) is 6.52. The number of aliphatic imine (C=N–C) groups is 1. The second kappa shape index (κ2) is 9.78. The third kappa shape index (κ3) is 4.60. The van der Waals surface area contributed by atoms with Gasteiger partial charge in [0.25, 0.3) is 0 Å². The first kappa shape index (κ1) is 23.4. The molecule has 2 heterocycles. The van der Waals surface area contributed by atoms with Crippen LogP contribution in [0.4, 0.5) is 0 Å². The van der Waals surface area contributed by atoms with E-state index in [1.54, 1.807) is 11.8 Å². The van der Waals surface area contributed by atoms with Crippen LogP contribution in [0.3, 0.4) is 0 Å². The molecule has 2 nitrogen and oxygen atoms in total. The van der Waals surface area contributed by atoms with Crippen molar-refractivity contribution < 1.29 is 0 Å². The van der Waals surface area contributed by atoms with Crippen molar-refractivity contribution in [3.8, 4) is 0 Å². The van der Waals surface area contributed by atoms with E-state index in [9.17, 15) is 0 Å². The average Bonchev–Trinajstić information content (AvgIpc) is 3.29. The molecule has 35 heavy (non-hydrogen) atoms. The van der Waals surface area contributed by atoms with Crippen molar-refractivity contribution in [3.05, 3.63) is 126 Å². The van der Waals surface area contributed by atoms with Gasteiger partial charge in [-0.15, -0.1) is 0 Å². The molecule has 3 aromatic rings. The van der Waals surface area contributed by atoms with Crippen LogP contribution in [-0.2, 0) is 0 Å². The molecule has 6 heteroatoms. The largest absolute Gasteiger partial charge is 0.308 e. The highest BCUT2D eigenvalue weighted by Crippen LogP contribution is 2.51. The van der Waals surface area contributed by atoms with Gasteiger partial charge in [0.05, 0.1) is 17.4 Å². The lowest BCUT2D eigenvalue weighted by molar-refractivity contribution is 0.458. The summed E-state index contributed by atoms with van der Waals surface area (Å²) >= 11 is 15.1. The highest BCUT2D eigenvalue weighted by atomic mass is 79.9. The number of hydrogen-bond donors (Lipinski definition) is 0. The van der Waals surface area contributed by atoms with Crippen molar-refractivity contribution in [2.45, 2.75) is 25.3 Å². The van der Waals surface area contributed by atoms with Crippen molar-refractivity contribution in [2.75, 3.05) is 0 Å². The number of halogens is 3. The van der Waals surface area contributed by atoms with E-state index in [0.29, 0.717) is 0 Å². The highest BCUT2D eigenvalue weighted by Gasteiger charge is 2.40. The number of benzene rings is 3. The van der Waals surface area contributed by atoms with E-state index < -0.39 is 0 Å². The van der Waals surface area contributed by atoms with E-state index in [4.69, 9.17) is 16.6 Å². The maximum Gasteiger partial charge on any atom is 0.174 e. The molecule has 174 valence electrons. The molecule has 0 N–H and O–H groups in total. The van der Waals surface area contributed by atoms with Crippen molar-refractivity contribution in [2.24, 2.45) is 4.99 Å². The lowest BCUT2D eigenvalue weighted by atomic mass is 9.83. The SMILES string of the molecule is Clc1ccc(C2=CSC3=NC4=C(CCCC4=Cc4ccc(Br)cc4)C(c4ccc(Br)cc4)N23)cc1. The third-order valence-corrected chi connectivity index (χ3v) is 8.72. The van der Waals surface area contributed by atoms with E-state index in [0.717, 1.165) is 49.7 Å². The number of amidine groups is 1. The quantitative estimate of drug-likeness (QED) is 0.288. The van der Waals surface area contributed by atoms with Gasteiger partial charge in [-0.25, -0.2) is 4.99 Å². The summed E-state index contributed by atoms with van der Waals surface area (Å²) in [6.45, 7) is 0. The molecule has 0 amide bonds. The van der Waals surface area contributed by atoms with E-state index >= 15 is 0 Å². The predicted octanol–water partition coefficient (Wildman–Crippen LogP) is 9.84. The fourth-order valence-corrected chi connectivity index (χ4v) is 6.53. The Labute approximate surface area is 231 Å². The summed E-state index contributed by atoms with van der Waals surface area (Å²) in [5.41, 5.74) is 8.70. The molecule has 3 aromatic carbocycles. The van der Waals surface area contributed by atoms with Gasteiger partial charge in [-0.1, -0.05) is 91.6 Å². The van der Waals surface area contributed by atoms with E-state index in [1.807, 2.05) is 12.1 Å². The summed E-state index contributed by atoms with van der Waals surface area (Å²) in [5.74, 6) is 0. The Morgan fingerprint density at radius 1 is 0.886 bits per heavy atom. The molecular formula is C29H21Br2ClN2S. The molecule has 3 aliphatic rings. The molecule has 2 aliphatic heterocycles. The standard InChI is InChI=1S/C29H21Br2ClN2S/c30-22-10-4-18(5-11-22)16-21-2-1-3-25-27(21)33-29-34(28(25)20-6-12-23(31)13-7-20)26(17-35-29)19-8-14-24(32)15-9-19/h4-17,28H,1-3H2. The molecule has 1 aliphatic carbocycles. The normalized spacial score (nSPS) is 20.5. The summed E-state index contributed by atoms with van der Waals surface area (Å²) in [5, 5.41) is 4.01. The van der Waals surface area contributed by atoms with Crippen LogP contribution in [0.1, 0.15) is 42.0 Å². The number of allylic oxidation sites excluding steroid dienone is 1. The monoisotopic (exact) mass is 622 g/mol. The van der Waals surface area contributed by atoms with E-state index in [-0.39, 0.29) is 6.04 Å². The Morgan fingerprint density at radius 3 is 2.29 bits per heavy atom. The Morgan fingerprint density at radius 2 is 1.57 bits per heavy atom. The lowest BCUT2D eigenvalue weighted by Gasteiger charge is -2.40. The second-order valence-corrected chi connectivity index (χ2v) is 11.9. The smallest absolute Gasteiger partial charge is 0.174 e. The zero-order valence-corrected chi connectivity index (χ0v) is 23.5. The van der Waals surface area contributed by atoms with Crippen molar-refractivity contribution in [1.29, 1.82) is 0 Å². The van der Waals surface area contributed by atoms with E-state index in [2.05, 4.69) is 109 Å². The average molecular weight is 625 g/mol. The van der Waals surface area contributed by atoms with Crippen LogP contribution in [0.5, 0.6) is 0 Å². The van der Waals surface area contributed by atoms with Crippen molar-refractivity contribution >= 4 is 72.2 Å². The first-order chi connectivity index (χ1) is 17.1. The van der Waals surface area contributed by atoms with Gasteiger partial charge in [-0.05, 0) is 89.6 Å². The van der Waals surface area contributed by atoms with Crippen LogP contribution in [-0.4, -0.2) is 10.1 Å².